The topological polar surface area (TPSA) is 65.2 Å². The molecule has 0 aliphatic heterocycles. The average molecular weight is 222 g/mol. The van der Waals surface area contributed by atoms with E-state index in [2.05, 4.69) is 11.9 Å². The molecule has 0 saturated heterocycles. The SMILES string of the molecule is CCCC(C)OC(=O)c1ccnc(CN)c1. The van der Waals surface area contributed by atoms with Gasteiger partial charge in [0.05, 0.1) is 17.4 Å². The van der Waals surface area contributed by atoms with E-state index in [-0.39, 0.29) is 12.1 Å². The highest BCUT2D eigenvalue weighted by atomic mass is 16.5. The normalized spacial score (nSPS) is 12.2. The van der Waals surface area contributed by atoms with Crippen LogP contribution in [0, 0.1) is 0 Å². The van der Waals surface area contributed by atoms with E-state index in [4.69, 9.17) is 10.5 Å². The highest BCUT2D eigenvalue weighted by Gasteiger charge is 2.11. The standard InChI is InChI=1S/C12H18N2O2/c1-3-4-9(2)16-12(15)10-5-6-14-11(7-10)8-13/h5-7,9H,3-4,8,13H2,1-2H3. The van der Waals surface area contributed by atoms with Crippen LogP contribution in [0.15, 0.2) is 18.3 Å². The molecule has 1 atom stereocenters. The van der Waals surface area contributed by atoms with Gasteiger partial charge in [-0.1, -0.05) is 13.3 Å². The van der Waals surface area contributed by atoms with Crippen LogP contribution in [0.5, 0.6) is 0 Å². The number of hydrogen-bond acceptors (Lipinski definition) is 4. The van der Waals surface area contributed by atoms with E-state index in [1.54, 1.807) is 18.3 Å². The van der Waals surface area contributed by atoms with E-state index in [9.17, 15) is 4.79 Å². The van der Waals surface area contributed by atoms with Gasteiger partial charge in [0.2, 0.25) is 0 Å². The van der Waals surface area contributed by atoms with Crippen LogP contribution in [0.3, 0.4) is 0 Å². The summed E-state index contributed by atoms with van der Waals surface area (Å²) in [5.41, 5.74) is 6.66. The first-order chi connectivity index (χ1) is 7.67. The predicted octanol–water partition coefficient (Wildman–Crippen LogP) is 1.89. The van der Waals surface area contributed by atoms with Crippen molar-refractivity contribution < 1.29 is 9.53 Å². The second-order valence-corrected chi connectivity index (χ2v) is 3.74. The number of esters is 1. The molecule has 2 N–H and O–H groups in total. The second kappa shape index (κ2) is 6.23. The Balaban J connectivity index is 2.65. The maximum absolute atomic E-state index is 11.7. The molecule has 4 heteroatoms. The third-order valence-electron chi connectivity index (χ3n) is 2.26. The minimum absolute atomic E-state index is 0.0491. The first kappa shape index (κ1) is 12.6. The zero-order chi connectivity index (χ0) is 12.0. The number of rotatable bonds is 5. The van der Waals surface area contributed by atoms with Gasteiger partial charge in [0, 0.05) is 12.7 Å². The molecule has 88 valence electrons. The number of ether oxygens (including phenoxy) is 1. The molecule has 1 heterocycles. The van der Waals surface area contributed by atoms with Crippen molar-refractivity contribution in [2.75, 3.05) is 0 Å². The Morgan fingerprint density at radius 2 is 2.38 bits per heavy atom. The lowest BCUT2D eigenvalue weighted by molar-refractivity contribution is 0.0323. The minimum Gasteiger partial charge on any atom is -0.459 e. The number of nitrogens with zero attached hydrogens (tertiary/aromatic N) is 1. The van der Waals surface area contributed by atoms with Crippen molar-refractivity contribution in [3.8, 4) is 0 Å². The number of nitrogens with two attached hydrogens (primary N) is 1. The van der Waals surface area contributed by atoms with Gasteiger partial charge in [-0.2, -0.15) is 0 Å². The van der Waals surface area contributed by atoms with Crippen LogP contribution in [0.1, 0.15) is 42.7 Å². The maximum Gasteiger partial charge on any atom is 0.338 e. The smallest absolute Gasteiger partial charge is 0.338 e. The van der Waals surface area contributed by atoms with E-state index < -0.39 is 0 Å². The molecule has 0 radical (unpaired) electrons. The Kier molecular flexibility index (Phi) is 4.92. The first-order valence-corrected chi connectivity index (χ1v) is 5.53. The van der Waals surface area contributed by atoms with Gasteiger partial charge >= 0.3 is 5.97 Å². The molecule has 0 bridgehead atoms. The van der Waals surface area contributed by atoms with Crippen LogP contribution in [-0.2, 0) is 11.3 Å². The number of carbonyl (C=O) groups excluding carboxylic acids is 1. The average Bonchev–Trinajstić information content (AvgIpc) is 2.29. The Labute approximate surface area is 95.8 Å². The summed E-state index contributed by atoms with van der Waals surface area (Å²) in [4.78, 5) is 15.7. The second-order valence-electron chi connectivity index (χ2n) is 3.74. The summed E-state index contributed by atoms with van der Waals surface area (Å²) in [5.74, 6) is -0.307. The zero-order valence-electron chi connectivity index (χ0n) is 9.77. The first-order valence-electron chi connectivity index (χ1n) is 5.53. The molecule has 0 aromatic carbocycles. The molecule has 16 heavy (non-hydrogen) atoms. The largest absolute Gasteiger partial charge is 0.459 e. The van der Waals surface area contributed by atoms with Crippen molar-refractivity contribution in [3.63, 3.8) is 0 Å². The van der Waals surface area contributed by atoms with Gasteiger partial charge in [-0.25, -0.2) is 4.79 Å². The Morgan fingerprint density at radius 3 is 3.00 bits per heavy atom. The molecule has 0 saturated carbocycles. The third kappa shape index (κ3) is 3.62. The van der Waals surface area contributed by atoms with Gasteiger partial charge in [0.15, 0.2) is 0 Å². The number of pyridine rings is 1. The number of aromatic nitrogens is 1. The molecule has 1 rings (SSSR count). The number of hydrogen-bond donors (Lipinski definition) is 1. The van der Waals surface area contributed by atoms with Crippen molar-refractivity contribution in [1.82, 2.24) is 4.98 Å². The lowest BCUT2D eigenvalue weighted by Gasteiger charge is -2.12. The summed E-state index contributed by atoms with van der Waals surface area (Å²) >= 11 is 0. The van der Waals surface area contributed by atoms with Crippen molar-refractivity contribution in [2.24, 2.45) is 5.73 Å². The Bertz CT molecular complexity index is 353. The molecule has 0 fully saturated rings. The molecule has 0 spiro atoms. The van der Waals surface area contributed by atoms with Crippen molar-refractivity contribution >= 4 is 5.97 Å². The summed E-state index contributed by atoms with van der Waals surface area (Å²) in [6, 6.07) is 3.31. The number of carbonyl (C=O) groups is 1. The van der Waals surface area contributed by atoms with Crippen molar-refractivity contribution in [2.45, 2.75) is 39.3 Å². The van der Waals surface area contributed by atoms with E-state index in [0.717, 1.165) is 12.8 Å². The van der Waals surface area contributed by atoms with Crippen LogP contribution in [-0.4, -0.2) is 17.1 Å². The molecular formula is C12H18N2O2. The minimum atomic E-state index is -0.307. The maximum atomic E-state index is 11.7. The zero-order valence-corrected chi connectivity index (χ0v) is 9.77. The van der Waals surface area contributed by atoms with Gasteiger partial charge in [-0.05, 0) is 25.5 Å². The van der Waals surface area contributed by atoms with Gasteiger partial charge in [-0.15, -0.1) is 0 Å². The van der Waals surface area contributed by atoms with Gasteiger partial charge < -0.3 is 10.5 Å². The van der Waals surface area contributed by atoms with Crippen LogP contribution < -0.4 is 5.73 Å². The van der Waals surface area contributed by atoms with E-state index in [1.807, 2.05) is 6.92 Å². The van der Waals surface area contributed by atoms with Crippen LogP contribution >= 0.6 is 0 Å². The lowest BCUT2D eigenvalue weighted by atomic mass is 10.2. The van der Waals surface area contributed by atoms with E-state index in [1.165, 1.54) is 0 Å². The lowest BCUT2D eigenvalue weighted by Crippen LogP contribution is -2.15. The molecular weight excluding hydrogens is 204 g/mol. The summed E-state index contributed by atoms with van der Waals surface area (Å²) in [6.45, 7) is 4.28. The highest BCUT2D eigenvalue weighted by molar-refractivity contribution is 5.89. The van der Waals surface area contributed by atoms with E-state index in [0.29, 0.717) is 17.8 Å². The third-order valence-corrected chi connectivity index (χ3v) is 2.26. The quantitative estimate of drug-likeness (QED) is 0.772. The van der Waals surface area contributed by atoms with E-state index >= 15 is 0 Å². The Morgan fingerprint density at radius 1 is 1.62 bits per heavy atom. The van der Waals surface area contributed by atoms with Crippen molar-refractivity contribution in [3.05, 3.63) is 29.6 Å². The molecule has 0 aliphatic rings. The fourth-order valence-electron chi connectivity index (χ4n) is 1.43. The predicted molar refractivity (Wildman–Crippen MR) is 61.9 cm³/mol. The highest BCUT2D eigenvalue weighted by Crippen LogP contribution is 2.08. The Hall–Kier alpha value is -1.42. The van der Waals surface area contributed by atoms with Crippen LogP contribution in [0.25, 0.3) is 0 Å². The molecule has 0 aliphatic carbocycles. The summed E-state index contributed by atoms with van der Waals surface area (Å²) < 4.78 is 5.27. The van der Waals surface area contributed by atoms with Crippen LogP contribution in [0.2, 0.25) is 0 Å². The van der Waals surface area contributed by atoms with Gasteiger partial charge in [-0.3, -0.25) is 4.98 Å². The monoisotopic (exact) mass is 222 g/mol. The molecule has 1 aromatic heterocycles. The summed E-state index contributed by atoms with van der Waals surface area (Å²) in [6.07, 6.45) is 3.40. The van der Waals surface area contributed by atoms with Gasteiger partial charge in [0.1, 0.15) is 0 Å². The van der Waals surface area contributed by atoms with Crippen molar-refractivity contribution in [1.29, 1.82) is 0 Å². The molecule has 0 amide bonds. The van der Waals surface area contributed by atoms with Crippen LogP contribution in [0.4, 0.5) is 0 Å². The van der Waals surface area contributed by atoms with Gasteiger partial charge in [0.25, 0.3) is 0 Å². The molecule has 1 aromatic rings. The molecule has 4 nitrogen and oxygen atoms in total. The summed E-state index contributed by atoms with van der Waals surface area (Å²) in [7, 11) is 0. The molecule has 1 unspecified atom stereocenters. The fraction of sp³-hybridized carbons (Fsp3) is 0.500. The fourth-order valence-corrected chi connectivity index (χ4v) is 1.43. The summed E-state index contributed by atoms with van der Waals surface area (Å²) in [5, 5.41) is 0.